The monoisotopic (exact) mass is 393 g/mol. The molecule has 6 heteroatoms. The zero-order valence-corrected chi connectivity index (χ0v) is 16.2. The summed E-state index contributed by atoms with van der Waals surface area (Å²) in [7, 11) is 0. The van der Waals surface area contributed by atoms with Gasteiger partial charge in [-0.05, 0) is 42.8 Å². The van der Waals surface area contributed by atoms with Crippen LogP contribution in [0.1, 0.15) is 33.3 Å². The lowest BCUT2D eigenvalue weighted by Crippen LogP contribution is -2.31. The van der Waals surface area contributed by atoms with Crippen LogP contribution in [0.5, 0.6) is 0 Å². The van der Waals surface area contributed by atoms with Crippen LogP contribution in [0.4, 0.5) is 5.69 Å². The molecule has 0 radical (unpaired) electrons. The summed E-state index contributed by atoms with van der Waals surface area (Å²) in [6.45, 7) is 2.70. The van der Waals surface area contributed by atoms with Crippen molar-refractivity contribution in [2.24, 2.45) is 0 Å². The maximum Gasteiger partial charge on any atom is 0.270 e. The first-order valence-corrected chi connectivity index (χ1v) is 9.32. The lowest BCUT2D eigenvalue weighted by Gasteiger charge is -2.21. The fourth-order valence-electron chi connectivity index (χ4n) is 2.80. The first kappa shape index (κ1) is 19.6. The van der Waals surface area contributed by atoms with Crippen molar-refractivity contribution in [3.63, 3.8) is 0 Å². The van der Waals surface area contributed by atoms with E-state index in [-0.39, 0.29) is 24.1 Å². The number of carbonyl (C=O) groups is 2. The minimum Gasteiger partial charge on any atom is -0.347 e. The van der Waals surface area contributed by atoms with Crippen LogP contribution in [0.2, 0.25) is 5.02 Å². The molecular formula is C22H20ClN3O2. The third-order valence-corrected chi connectivity index (χ3v) is 4.63. The Morgan fingerprint density at radius 3 is 2.46 bits per heavy atom. The van der Waals surface area contributed by atoms with Crippen LogP contribution < -0.4 is 10.2 Å². The summed E-state index contributed by atoms with van der Waals surface area (Å²) in [4.78, 5) is 31.1. The van der Waals surface area contributed by atoms with Crippen molar-refractivity contribution in [3.05, 3.63) is 94.8 Å². The van der Waals surface area contributed by atoms with Crippen LogP contribution in [0.3, 0.4) is 0 Å². The molecule has 2 amide bonds. The zero-order chi connectivity index (χ0) is 19.9. The molecule has 0 fully saturated rings. The second-order valence-corrected chi connectivity index (χ2v) is 6.50. The van der Waals surface area contributed by atoms with Crippen LogP contribution in [0.25, 0.3) is 0 Å². The second kappa shape index (κ2) is 9.15. The quantitative estimate of drug-likeness (QED) is 0.677. The summed E-state index contributed by atoms with van der Waals surface area (Å²) in [5.41, 5.74) is 2.20. The molecule has 3 aromatic rings. The highest BCUT2D eigenvalue weighted by Gasteiger charge is 2.18. The average Bonchev–Trinajstić information content (AvgIpc) is 2.74. The van der Waals surface area contributed by atoms with Gasteiger partial charge in [0, 0.05) is 35.6 Å². The number of nitrogens with zero attached hydrogens (tertiary/aromatic N) is 2. The Hall–Kier alpha value is -3.18. The maximum atomic E-state index is 12.9. The number of anilines is 1. The van der Waals surface area contributed by atoms with Crippen LogP contribution in [0, 0.1) is 0 Å². The molecule has 28 heavy (non-hydrogen) atoms. The molecule has 0 spiro atoms. The van der Waals surface area contributed by atoms with Gasteiger partial charge in [-0.25, -0.2) is 0 Å². The van der Waals surface area contributed by atoms with Crippen molar-refractivity contribution in [2.45, 2.75) is 13.5 Å². The molecule has 0 saturated heterocycles. The van der Waals surface area contributed by atoms with Gasteiger partial charge in [0.1, 0.15) is 5.69 Å². The third-order valence-electron chi connectivity index (χ3n) is 4.27. The number of para-hydroxylation sites is 1. The molecule has 0 bridgehead atoms. The van der Waals surface area contributed by atoms with Crippen molar-refractivity contribution >= 4 is 29.1 Å². The molecule has 0 aliphatic heterocycles. The normalized spacial score (nSPS) is 10.4. The van der Waals surface area contributed by atoms with Crippen molar-refractivity contribution in [1.29, 1.82) is 0 Å². The SMILES string of the molecule is CCN(C(=O)c1ccnc(C(=O)NCc2ccccc2Cl)c1)c1ccccc1. The van der Waals surface area contributed by atoms with Gasteiger partial charge in [-0.15, -0.1) is 0 Å². The van der Waals surface area contributed by atoms with Crippen molar-refractivity contribution in [2.75, 3.05) is 11.4 Å². The standard InChI is InChI=1S/C22H20ClN3O2/c1-2-26(18-9-4-3-5-10-18)22(28)16-12-13-24-20(14-16)21(27)25-15-17-8-6-7-11-19(17)23/h3-14H,2,15H2,1H3,(H,25,27). The Kier molecular flexibility index (Phi) is 6.40. The van der Waals surface area contributed by atoms with E-state index in [9.17, 15) is 9.59 Å². The largest absolute Gasteiger partial charge is 0.347 e. The number of rotatable bonds is 6. The summed E-state index contributed by atoms with van der Waals surface area (Å²) < 4.78 is 0. The summed E-state index contributed by atoms with van der Waals surface area (Å²) in [6, 6.07) is 19.8. The number of aromatic nitrogens is 1. The number of hydrogen-bond donors (Lipinski definition) is 1. The zero-order valence-electron chi connectivity index (χ0n) is 15.4. The van der Waals surface area contributed by atoms with Gasteiger partial charge in [0.2, 0.25) is 0 Å². The molecule has 0 aliphatic rings. The predicted molar refractivity (Wildman–Crippen MR) is 111 cm³/mol. The van der Waals surface area contributed by atoms with E-state index in [1.807, 2.05) is 55.5 Å². The number of benzene rings is 2. The lowest BCUT2D eigenvalue weighted by molar-refractivity contribution is 0.0946. The Bertz CT molecular complexity index is 976. The molecule has 1 aromatic heterocycles. The average molecular weight is 394 g/mol. The molecule has 0 unspecified atom stereocenters. The summed E-state index contributed by atoms with van der Waals surface area (Å²) in [6.07, 6.45) is 1.47. The van der Waals surface area contributed by atoms with E-state index in [0.29, 0.717) is 17.1 Å². The first-order valence-electron chi connectivity index (χ1n) is 8.94. The maximum absolute atomic E-state index is 12.9. The lowest BCUT2D eigenvalue weighted by atomic mass is 10.1. The van der Waals surface area contributed by atoms with E-state index in [1.165, 1.54) is 12.3 Å². The van der Waals surface area contributed by atoms with Gasteiger partial charge in [-0.2, -0.15) is 0 Å². The molecule has 1 heterocycles. The fourth-order valence-corrected chi connectivity index (χ4v) is 3.01. The van der Waals surface area contributed by atoms with Gasteiger partial charge >= 0.3 is 0 Å². The van der Waals surface area contributed by atoms with Gasteiger partial charge < -0.3 is 10.2 Å². The summed E-state index contributed by atoms with van der Waals surface area (Å²) >= 11 is 6.11. The summed E-state index contributed by atoms with van der Waals surface area (Å²) in [5.74, 6) is -0.548. The van der Waals surface area contributed by atoms with E-state index in [1.54, 1.807) is 17.0 Å². The second-order valence-electron chi connectivity index (χ2n) is 6.09. The number of carbonyl (C=O) groups excluding carboxylic acids is 2. The molecule has 142 valence electrons. The van der Waals surface area contributed by atoms with Crippen LogP contribution in [0.15, 0.2) is 72.9 Å². The van der Waals surface area contributed by atoms with Crippen molar-refractivity contribution in [3.8, 4) is 0 Å². The Labute approximate surface area is 169 Å². The Morgan fingerprint density at radius 2 is 1.75 bits per heavy atom. The van der Waals surface area contributed by atoms with Crippen LogP contribution in [-0.4, -0.2) is 23.3 Å². The number of pyridine rings is 1. The van der Waals surface area contributed by atoms with Gasteiger partial charge in [-0.3, -0.25) is 14.6 Å². The minimum absolute atomic E-state index is 0.182. The molecule has 0 atom stereocenters. The van der Waals surface area contributed by atoms with Gasteiger partial charge in [0.15, 0.2) is 0 Å². The van der Waals surface area contributed by atoms with Gasteiger partial charge in [-0.1, -0.05) is 48.0 Å². The molecule has 2 aromatic carbocycles. The van der Waals surface area contributed by atoms with Gasteiger partial charge in [0.05, 0.1) is 0 Å². The van der Waals surface area contributed by atoms with E-state index >= 15 is 0 Å². The third kappa shape index (κ3) is 4.56. The number of hydrogen-bond acceptors (Lipinski definition) is 3. The molecule has 5 nitrogen and oxygen atoms in total. The molecule has 1 N–H and O–H groups in total. The van der Waals surface area contributed by atoms with E-state index in [0.717, 1.165) is 11.3 Å². The molecule has 0 aliphatic carbocycles. The highest BCUT2D eigenvalue weighted by molar-refractivity contribution is 6.31. The van der Waals surface area contributed by atoms with Crippen LogP contribution >= 0.6 is 11.6 Å². The topological polar surface area (TPSA) is 62.3 Å². The Balaban J connectivity index is 1.75. The summed E-state index contributed by atoms with van der Waals surface area (Å²) in [5, 5.41) is 3.37. The fraction of sp³-hybridized carbons (Fsp3) is 0.136. The van der Waals surface area contributed by atoms with E-state index in [4.69, 9.17) is 11.6 Å². The van der Waals surface area contributed by atoms with E-state index < -0.39 is 0 Å². The van der Waals surface area contributed by atoms with Gasteiger partial charge in [0.25, 0.3) is 11.8 Å². The molecule has 0 saturated carbocycles. The number of halogens is 1. The number of nitrogens with one attached hydrogen (secondary N) is 1. The van der Waals surface area contributed by atoms with Crippen LogP contribution in [-0.2, 0) is 6.54 Å². The smallest absolute Gasteiger partial charge is 0.270 e. The molecule has 3 rings (SSSR count). The number of amides is 2. The Morgan fingerprint density at radius 1 is 1.04 bits per heavy atom. The molecular weight excluding hydrogens is 374 g/mol. The predicted octanol–water partition coefficient (Wildman–Crippen LogP) is 4.33. The highest BCUT2D eigenvalue weighted by atomic mass is 35.5. The van der Waals surface area contributed by atoms with Crippen molar-refractivity contribution in [1.82, 2.24) is 10.3 Å². The van der Waals surface area contributed by atoms with E-state index in [2.05, 4.69) is 10.3 Å². The highest BCUT2D eigenvalue weighted by Crippen LogP contribution is 2.17. The minimum atomic E-state index is -0.364. The first-order chi connectivity index (χ1) is 13.6. The van der Waals surface area contributed by atoms with Crippen molar-refractivity contribution < 1.29 is 9.59 Å².